The van der Waals surface area contributed by atoms with Crippen LogP contribution in [0.5, 0.6) is 0 Å². The van der Waals surface area contributed by atoms with Gasteiger partial charge in [0.25, 0.3) is 5.91 Å². The Kier molecular flexibility index (Phi) is 3.11. The van der Waals surface area contributed by atoms with Crippen LogP contribution >= 0.6 is 11.3 Å². The number of anilines is 1. The molecule has 3 amide bonds. The number of benzene rings is 1. The van der Waals surface area contributed by atoms with Crippen LogP contribution in [-0.4, -0.2) is 11.9 Å². The summed E-state index contributed by atoms with van der Waals surface area (Å²) in [5.41, 5.74) is 11.4. The number of primary amides is 2. The number of carbonyl (C=O) groups excluding carboxylic acids is 2. The largest absolute Gasteiger partial charge is 0.455 e. The quantitative estimate of drug-likeness (QED) is 0.691. The zero-order valence-electron chi connectivity index (χ0n) is 10.8. The van der Waals surface area contributed by atoms with Crippen LogP contribution in [-0.2, 0) is 0 Å². The number of hydrogen-bond acceptors (Lipinski definition) is 4. The van der Waals surface area contributed by atoms with Gasteiger partial charge in [0.2, 0.25) is 0 Å². The first-order valence-corrected chi connectivity index (χ1v) is 6.85. The molecule has 6 nitrogen and oxygen atoms in total. The summed E-state index contributed by atoms with van der Waals surface area (Å²) in [6.07, 6.45) is 0. The van der Waals surface area contributed by atoms with Gasteiger partial charge < -0.3 is 21.2 Å². The minimum atomic E-state index is -0.758. The maximum Gasteiger partial charge on any atom is 0.316 e. The molecule has 0 spiro atoms. The van der Waals surface area contributed by atoms with Crippen LogP contribution in [0, 0.1) is 0 Å². The van der Waals surface area contributed by atoms with Crippen LogP contribution in [0.3, 0.4) is 0 Å². The van der Waals surface area contributed by atoms with E-state index in [1.807, 2.05) is 30.3 Å². The molecule has 0 bridgehead atoms. The van der Waals surface area contributed by atoms with Gasteiger partial charge in [-0.15, -0.1) is 11.3 Å². The first-order chi connectivity index (χ1) is 10.0. The second-order valence-electron chi connectivity index (χ2n) is 4.36. The number of para-hydroxylation sites is 1. The van der Waals surface area contributed by atoms with E-state index in [0.29, 0.717) is 10.6 Å². The summed E-state index contributed by atoms with van der Waals surface area (Å²) >= 11 is 1.14. The fourth-order valence-corrected chi connectivity index (χ4v) is 2.94. The number of amides is 3. The Balaban J connectivity index is 2.09. The first-order valence-electron chi connectivity index (χ1n) is 6.03. The molecule has 0 aliphatic carbocycles. The molecule has 0 saturated heterocycles. The summed E-state index contributed by atoms with van der Waals surface area (Å²) < 4.78 is 5.72. The molecule has 0 aliphatic heterocycles. The number of hydrogen-bond donors (Lipinski definition) is 3. The highest BCUT2D eigenvalue weighted by Crippen LogP contribution is 2.37. The number of fused-ring (bicyclic) bond motifs is 1. The van der Waals surface area contributed by atoms with Crippen molar-refractivity contribution in [2.75, 3.05) is 5.32 Å². The van der Waals surface area contributed by atoms with E-state index in [-0.39, 0.29) is 10.6 Å². The second-order valence-corrected chi connectivity index (χ2v) is 5.41. The van der Waals surface area contributed by atoms with Crippen molar-refractivity contribution in [1.29, 1.82) is 0 Å². The van der Waals surface area contributed by atoms with Crippen LogP contribution in [0.4, 0.5) is 10.5 Å². The van der Waals surface area contributed by atoms with E-state index in [4.69, 9.17) is 15.9 Å². The highest BCUT2D eigenvalue weighted by Gasteiger charge is 2.18. The monoisotopic (exact) mass is 301 g/mol. The van der Waals surface area contributed by atoms with E-state index in [0.717, 1.165) is 22.3 Å². The van der Waals surface area contributed by atoms with Crippen LogP contribution < -0.4 is 16.8 Å². The van der Waals surface area contributed by atoms with Crippen molar-refractivity contribution in [3.8, 4) is 10.6 Å². The summed E-state index contributed by atoms with van der Waals surface area (Å²) in [6.45, 7) is 0. The van der Waals surface area contributed by atoms with Crippen molar-refractivity contribution in [3.63, 3.8) is 0 Å². The SMILES string of the molecule is NC(=O)Nc1cc(-c2cc3ccccc3o2)sc1C(N)=O. The Hall–Kier alpha value is -2.80. The molecule has 0 radical (unpaired) electrons. The molecule has 5 N–H and O–H groups in total. The second kappa shape index (κ2) is 4.95. The van der Waals surface area contributed by atoms with Crippen molar-refractivity contribution in [1.82, 2.24) is 0 Å². The van der Waals surface area contributed by atoms with Gasteiger partial charge in [0.05, 0.1) is 10.6 Å². The first kappa shape index (κ1) is 13.2. The van der Waals surface area contributed by atoms with Crippen molar-refractivity contribution >= 4 is 39.9 Å². The van der Waals surface area contributed by atoms with Gasteiger partial charge in [-0.25, -0.2) is 4.79 Å². The zero-order valence-corrected chi connectivity index (χ0v) is 11.6. The van der Waals surface area contributed by atoms with Crippen LogP contribution in [0.25, 0.3) is 21.6 Å². The van der Waals surface area contributed by atoms with Gasteiger partial charge in [-0.2, -0.15) is 0 Å². The lowest BCUT2D eigenvalue weighted by Crippen LogP contribution is -2.21. The smallest absolute Gasteiger partial charge is 0.316 e. The van der Waals surface area contributed by atoms with E-state index in [1.165, 1.54) is 0 Å². The van der Waals surface area contributed by atoms with Crippen LogP contribution in [0.15, 0.2) is 40.8 Å². The number of carbonyl (C=O) groups is 2. The Morgan fingerprint density at radius 3 is 2.57 bits per heavy atom. The van der Waals surface area contributed by atoms with Gasteiger partial charge >= 0.3 is 6.03 Å². The molecule has 21 heavy (non-hydrogen) atoms. The van der Waals surface area contributed by atoms with E-state index in [9.17, 15) is 9.59 Å². The van der Waals surface area contributed by atoms with E-state index >= 15 is 0 Å². The predicted molar refractivity (Wildman–Crippen MR) is 81.3 cm³/mol. The summed E-state index contributed by atoms with van der Waals surface area (Å²) in [7, 11) is 0. The third kappa shape index (κ3) is 2.46. The third-order valence-electron chi connectivity index (χ3n) is 2.88. The van der Waals surface area contributed by atoms with Gasteiger partial charge in [-0.1, -0.05) is 18.2 Å². The highest BCUT2D eigenvalue weighted by atomic mass is 32.1. The average molecular weight is 301 g/mol. The van der Waals surface area contributed by atoms with Crippen LogP contribution in [0.2, 0.25) is 0 Å². The number of nitrogens with one attached hydrogen (secondary N) is 1. The van der Waals surface area contributed by atoms with Crippen molar-refractivity contribution in [2.45, 2.75) is 0 Å². The van der Waals surface area contributed by atoms with E-state index in [2.05, 4.69) is 5.32 Å². The van der Waals surface area contributed by atoms with Gasteiger partial charge in [0.1, 0.15) is 16.2 Å². The topological polar surface area (TPSA) is 111 Å². The van der Waals surface area contributed by atoms with Gasteiger partial charge in [0.15, 0.2) is 0 Å². The summed E-state index contributed by atoms with van der Waals surface area (Å²) in [5, 5.41) is 3.34. The summed E-state index contributed by atoms with van der Waals surface area (Å²) in [4.78, 5) is 23.3. The zero-order chi connectivity index (χ0) is 15.0. The molecule has 2 aromatic heterocycles. The van der Waals surface area contributed by atoms with Gasteiger partial charge in [0, 0.05) is 5.39 Å². The van der Waals surface area contributed by atoms with Gasteiger partial charge in [-0.3, -0.25) is 4.79 Å². The normalized spacial score (nSPS) is 10.7. The molecule has 0 unspecified atom stereocenters. The lowest BCUT2D eigenvalue weighted by molar-refractivity contribution is 0.100. The molecule has 7 heteroatoms. The Morgan fingerprint density at radius 1 is 1.14 bits per heavy atom. The van der Waals surface area contributed by atoms with E-state index < -0.39 is 11.9 Å². The maximum absolute atomic E-state index is 11.4. The van der Waals surface area contributed by atoms with Crippen LogP contribution in [0.1, 0.15) is 9.67 Å². The minimum Gasteiger partial charge on any atom is -0.455 e. The highest BCUT2D eigenvalue weighted by molar-refractivity contribution is 7.18. The molecule has 1 aromatic carbocycles. The lowest BCUT2D eigenvalue weighted by atomic mass is 10.2. The summed E-state index contributed by atoms with van der Waals surface area (Å²) in [6, 6.07) is 10.3. The summed E-state index contributed by atoms with van der Waals surface area (Å²) in [5.74, 6) is -0.0349. The molecule has 0 atom stereocenters. The van der Waals surface area contributed by atoms with Crippen molar-refractivity contribution in [2.24, 2.45) is 11.5 Å². The third-order valence-corrected chi connectivity index (χ3v) is 4.05. The Bertz CT molecular complexity index is 817. The molecule has 3 aromatic rings. The number of rotatable bonds is 3. The Morgan fingerprint density at radius 2 is 1.90 bits per heavy atom. The van der Waals surface area contributed by atoms with Crippen molar-refractivity contribution in [3.05, 3.63) is 41.3 Å². The van der Waals surface area contributed by atoms with Gasteiger partial charge in [-0.05, 0) is 18.2 Å². The predicted octanol–water partition coefficient (Wildman–Crippen LogP) is 2.75. The number of urea groups is 1. The molecule has 0 aliphatic rings. The van der Waals surface area contributed by atoms with Crippen molar-refractivity contribution < 1.29 is 14.0 Å². The fourth-order valence-electron chi connectivity index (χ4n) is 2.02. The molecular weight excluding hydrogens is 290 g/mol. The molecule has 106 valence electrons. The molecule has 0 fully saturated rings. The standard InChI is InChI=1S/C14H11N3O3S/c15-13(18)12-8(17-14(16)19)6-11(21-12)10-5-7-3-1-2-4-9(7)20-10/h1-6H,(H2,15,18)(H3,16,17,19). The fraction of sp³-hybridized carbons (Fsp3) is 0. The molecule has 3 rings (SSSR count). The average Bonchev–Trinajstić information content (AvgIpc) is 3.00. The minimum absolute atomic E-state index is 0.226. The number of furan rings is 1. The molecule has 0 saturated carbocycles. The molecular formula is C14H11N3O3S. The number of nitrogens with two attached hydrogens (primary N) is 2. The lowest BCUT2D eigenvalue weighted by Gasteiger charge is -1.98. The van der Waals surface area contributed by atoms with E-state index in [1.54, 1.807) is 6.07 Å². The maximum atomic E-state index is 11.4. The number of thiophene rings is 1. The molecule has 2 heterocycles. The Labute approximate surface area is 123 Å².